The van der Waals surface area contributed by atoms with Gasteiger partial charge in [-0.05, 0) is 19.0 Å². The molecule has 0 radical (unpaired) electrons. The number of hydrogen-bond donors (Lipinski definition) is 0. The van der Waals surface area contributed by atoms with Crippen LogP contribution in [-0.4, -0.2) is 54.2 Å². The van der Waals surface area contributed by atoms with Gasteiger partial charge < -0.3 is 9.46 Å². The Morgan fingerprint density at radius 3 is 2.21 bits per heavy atom. The third-order valence-corrected chi connectivity index (χ3v) is 11.7. The van der Waals surface area contributed by atoms with Crippen LogP contribution in [0.1, 0.15) is 27.7 Å². The fourth-order valence-electron chi connectivity index (χ4n) is 1.42. The molecule has 0 aliphatic heterocycles. The first-order valence-corrected chi connectivity index (χ1v) is 13.6. The normalized spacial score (nSPS) is 15.1. The van der Waals surface area contributed by atoms with E-state index in [1.165, 1.54) is 12.3 Å². The highest BCUT2D eigenvalue weighted by Gasteiger charge is 2.16. The zero-order valence-corrected chi connectivity index (χ0v) is 16.4. The number of rotatable bonds is 12. The summed E-state index contributed by atoms with van der Waals surface area (Å²) in [4.78, 5) is 2.45. The first kappa shape index (κ1) is 20.2. The molecule has 0 N–H and O–H groups in total. The summed E-state index contributed by atoms with van der Waals surface area (Å²) in [7, 11) is 0. The molecule has 0 fully saturated rings. The molecule has 0 saturated heterocycles. The van der Waals surface area contributed by atoms with Crippen molar-refractivity contribution in [3.05, 3.63) is 0 Å². The summed E-state index contributed by atoms with van der Waals surface area (Å²) in [5.41, 5.74) is -2.02. The van der Waals surface area contributed by atoms with Gasteiger partial charge in [0.05, 0.1) is 0 Å². The Bertz CT molecular complexity index is 260. The third-order valence-electron chi connectivity index (χ3n) is 2.64. The Labute approximate surface area is 132 Å². The monoisotopic (exact) mass is 343 g/mol. The Kier molecular flexibility index (Phi) is 12.6. The van der Waals surface area contributed by atoms with E-state index in [2.05, 4.69) is 32.6 Å². The minimum atomic E-state index is -2.02. The van der Waals surface area contributed by atoms with Crippen molar-refractivity contribution in [3.8, 4) is 0 Å². The van der Waals surface area contributed by atoms with Gasteiger partial charge >= 0.3 is 0 Å². The zero-order chi connectivity index (χ0) is 14.7. The Morgan fingerprint density at radius 1 is 1.05 bits per heavy atom. The Balaban J connectivity index is 3.55. The smallest absolute Gasteiger partial charge is 0.188 e. The lowest BCUT2D eigenvalue weighted by Gasteiger charge is -2.17. The standard InChI is InChI=1S/C13H30NOPS3/c1-6-14(7-2)8-9-17-10-11-18-16(5,15)19-12-13(3)4/h13H,6-12H2,1-5H3. The van der Waals surface area contributed by atoms with Gasteiger partial charge in [0.2, 0.25) is 0 Å². The van der Waals surface area contributed by atoms with Crippen molar-refractivity contribution in [3.63, 3.8) is 0 Å². The van der Waals surface area contributed by atoms with Crippen molar-refractivity contribution >= 4 is 40.1 Å². The summed E-state index contributed by atoms with van der Waals surface area (Å²) in [6.07, 6.45) is 0. The summed E-state index contributed by atoms with van der Waals surface area (Å²) in [6.45, 7) is 14.2. The van der Waals surface area contributed by atoms with Crippen molar-refractivity contribution in [2.24, 2.45) is 5.92 Å². The number of hydrogen-bond acceptors (Lipinski definition) is 5. The molecular formula is C13H30NOPS3. The van der Waals surface area contributed by atoms with Gasteiger partial charge in [-0.2, -0.15) is 11.8 Å². The van der Waals surface area contributed by atoms with E-state index in [1.807, 2.05) is 18.4 Å². The van der Waals surface area contributed by atoms with Crippen LogP contribution in [0.5, 0.6) is 0 Å². The lowest BCUT2D eigenvalue weighted by atomic mass is 10.3. The van der Waals surface area contributed by atoms with E-state index >= 15 is 0 Å². The highest BCUT2D eigenvalue weighted by Crippen LogP contribution is 2.66. The van der Waals surface area contributed by atoms with Crippen LogP contribution >= 0.6 is 40.1 Å². The SMILES string of the molecule is CCN(CC)CCSCCSP(C)(=O)SCC(C)C. The predicted molar refractivity (Wildman–Crippen MR) is 98.4 cm³/mol. The van der Waals surface area contributed by atoms with Crippen molar-refractivity contribution in [2.75, 3.05) is 49.3 Å². The van der Waals surface area contributed by atoms with Gasteiger partial charge in [0.1, 0.15) is 0 Å². The van der Waals surface area contributed by atoms with Gasteiger partial charge in [-0.1, -0.05) is 50.5 Å². The zero-order valence-electron chi connectivity index (χ0n) is 13.1. The van der Waals surface area contributed by atoms with Crippen LogP contribution in [-0.2, 0) is 4.57 Å². The summed E-state index contributed by atoms with van der Waals surface area (Å²) in [5.74, 6) is 4.96. The molecule has 0 amide bonds. The fourth-order valence-corrected chi connectivity index (χ4v) is 9.24. The van der Waals surface area contributed by atoms with Crippen molar-refractivity contribution < 1.29 is 4.57 Å². The first-order valence-electron chi connectivity index (χ1n) is 7.08. The lowest BCUT2D eigenvalue weighted by molar-refractivity contribution is 0.324. The van der Waals surface area contributed by atoms with Gasteiger partial charge in [0.15, 0.2) is 5.55 Å². The molecule has 0 aromatic heterocycles. The summed E-state index contributed by atoms with van der Waals surface area (Å²) in [5, 5.41) is 0. The van der Waals surface area contributed by atoms with E-state index in [0.717, 1.165) is 30.3 Å². The second-order valence-electron chi connectivity index (χ2n) is 4.93. The minimum Gasteiger partial charge on any atom is -0.303 e. The van der Waals surface area contributed by atoms with Gasteiger partial charge in [-0.25, -0.2) is 0 Å². The molecule has 0 rings (SSSR count). The highest BCUT2D eigenvalue weighted by molar-refractivity contribution is 8.90. The average molecular weight is 344 g/mol. The van der Waals surface area contributed by atoms with Gasteiger partial charge in [-0.15, -0.1) is 0 Å². The maximum Gasteiger partial charge on any atom is 0.188 e. The van der Waals surface area contributed by atoms with Crippen LogP contribution in [0.3, 0.4) is 0 Å². The molecule has 6 heteroatoms. The molecule has 0 aromatic rings. The lowest BCUT2D eigenvalue weighted by Crippen LogP contribution is -2.25. The van der Waals surface area contributed by atoms with Crippen molar-refractivity contribution in [2.45, 2.75) is 27.7 Å². The minimum absolute atomic E-state index is 0.627. The Hall–Kier alpha value is 1.24. The molecule has 0 bridgehead atoms. The first-order chi connectivity index (χ1) is 8.91. The van der Waals surface area contributed by atoms with E-state index < -0.39 is 5.55 Å². The molecule has 19 heavy (non-hydrogen) atoms. The summed E-state index contributed by atoms with van der Waals surface area (Å²) < 4.78 is 12.3. The molecule has 0 aliphatic rings. The van der Waals surface area contributed by atoms with Crippen LogP contribution < -0.4 is 0 Å². The molecule has 116 valence electrons. The second-order valence-corrected chi connectivity index (χ2v) is 15.4. The topological polar surface area (TPSA) is 20.3 Å². The third kappa shape index (κ3) is 12.7. The highest BCUT2D eigenvalue weighted by atomic mass is 33.1. The van der Waals surface area contributed by atoms with Gasteiger partial charge in [0, 0.05) is 36.2 Å². The maximum absolute atomic E-state index is 12.3. The molecule has 0 aromatic carbocycles. The quantitative estimate of drug-likeness (QED) is 0.366. The molecule has 1 unspecified atom stereocenters. The van der Waals surface area contributed by atoms with Gasteiger partial charge in [-0.3, -0.25) is 0 Å². The molecule has 0 aliphatic carbocycles. The average Bonchev–Trinajstić information content (AvgIpc) is 2.36. The molecule has 2 nitrogen and oxygen atoms in total. The van der Waals surface area contributed by atoms with Crippen LogP contribution in [0.4, 0.5) is 0 Å². The van der Waals surface area contributed by atoms with Crippen molar-refractivity contribution in [1.29, 1.82) is 0 Å². The molecular weight excluding hydrogens is 313 g/mol. The van der Waals surface area contributed by atoms with Crippen LogP contribution in [0, 0.1) is 5.92 Å². The van der Waals surface area contributed by atoms with E-state index in [9.17, 15) is 4.57 Å². The molecule has 0 spiro atoms. The van der Waals surface area contributed by atoms with Gasteiger partial charge in [0.25, 0.3) is 0 Å². The number of thioether (sulfide) groups is 1. The van der Waals surface area contributed by atoms with Crippen LogP contribution in [0.25, 0.3) is 0 Å². The second kappa shape index (κ2) is 11.9. The predicted octanol–water partition coefficient (Wildman–Crippen LogP) is 5.01. The van der Waals surface area contributed by atoms with E-state index in [0.29, 0.717) is 5.92 Å². The van der Waals surface area contributed by atoms with E-state index in [1.54, 1.807) is 22.8 Å². The molecule has 0 saturated carbocycles. The summed E-state index contributed by atoms with van der Waals surface area (Å²) >= 11 is 5.32. The van der Waals surface area contributed by atoms with Crippen molar-refractivity contribution in [1.82, 2.24) is 4.90 Å². The molecule has 0 heterocycles. The van der Waals surface area contributed by atoms with Crippen LogP contribution in [0.2, 0.25) is 0 Å². The van der Waals surface area contributed by atoms with E-state index in [4.69, 9.17) is 0 Å². The largest absolute Gasteiger partial charge is 0.303 e. The fraction of sp³-hybridized carbons (Fsp3) is 1.00. The number of nitrogens with zero attached hydrogens (tertiary/aromatic N) is 1. The summed E-state index contributed by atoms with van der Waals surface area (Å²) in [6, 6.07) is 0. The Morgan fingerprint density at radius 2 is 1.68 bits per heavy atom. The molecule has 1 atom stereocenters. The van der Waals surface area contributed by atoms with Crippen LogP contribution in [0.15, 0.2) is 0 Å². The van der Waals surface area contributed by atoms with E-state index in [-0.39, 0.29) is 0 Å². The maximum atomic E-state index is 12.3.